The summed E-state index contributed by atoms with van der Waals surface area (Å²) in [5, 5.41) is 14.4. The Morgan fingerprint density at radius 1 is 1.13 bits per heavy atom. The third-order valence-electron chi connectivity index (χ3n) is 3.40. The van der Waals surface area contributed by atoms with Crippen LogP contribution in [0.1, 0.15) is 24.0 Å². The number of amides is 2. The number of aliphatic carboxylic acids is 1. The number of hydrogen-bond acceptors (Lipinski definition) is 3. The predicted octanol–water partition coefficient (Wildman–Crippen LogP) is 2.55. The zero-order valence-corrected chi connectivity index (χ0v) is 12.7. The molecule has 23 heavy (non-hydrogen) atoms. The lowest BCUT2D eigenvalue weighted by Gasteiger charge is -2.18. The number of hydrogen-bond donors (Lipinski definition) is 3. The summed E-state index contributed by atoms with van der Waals surface area (Å²) in [6.07, 6.45) is 4.09. The first kappa shape index (κ1) is 16.6. The van der Waals surface area contributed by atoms with E-state index in [0.717, 1.165) is 11.1 Å². The normalized spacial score (nSPS) is 11.7. The zero-order chi connectivity index (χ0) is 16.5. The van der Waals surface area contributed by atoms with Crippen LogP contribution < -0.4 is 10.6 Å². The average molecular weight is 316 g/mol. The minimum Gasteiger partial charge on any atom is -0.481 e. The summed E-state index contributed by atoms with van der Waals surface area (Å²) in [6.45, 7) is 0.360. The molecule has 0 aliphatic carbocycles. The van der Waals surface area contributed by atoms with E-state index in [1.807, 2.05) is 30.3 Å². The smallest absolute Gasteiger partial charge is 0.315 e. The van der Waals surface area contributed by atoms with E-state index in [4.69, 9.17) is 9.52 Å². The highest BCUT2D eigenvalue weighted by molar-refractivity contribution is 5.74. The maximum Gasteiger partial charge on any atom is 0.315 e. The van der Waals surface area contributed by atoms with Crippen LogP contribution in [0.25, 0.3) is 0 Å². The first-order valence-corrected chi connectivity index (χ1v) is 7.44. The number of carbonyl (C=O) groups excluding carboxylic acids is 1. The van der Waals surface area contributed by atoms with E-state index in [0.29, 0.717) is 19.4 Å². The summed E-state index contributed by atoms with van der Waals surface area (Å²) in [7, 11) is 0. The van der Waals surface area contributed by atoms with Gasteiger partial charge in [0.1, 0.15) is 0 Å². The van der Waals surface area contributed by atoms with E-state index in [1.165, 1.54) is 0 Å². The molecular weight excluding hydrogens is 296 g/mol. The lowest BCUT2D eigenvalue weighted by molar-refractivity contribution is -0.137. The second-order valence-electron chi connectivity index (χ2n) is 5.28. The molecule has 0 spiro atoms. The summed E-state index contributed by atoms with van der Waals surface area (Å²) in [5.74, 6) is -0.872. The summed E-state index contributed by atoms with van der Waals surface area (Å²) >= 11 is 0. The predicted molar refractivity (Wildman–Crippen MR) is 84.9 cm³/mol. The maximum atomic E-state index is 12.0. The van der Waals surface area contributed by atoms with Gasteiger partial charge in [-0.1, -0.05) is 30.3 Å². The van der Waals surface area contributed by atoms with Crippen molar-refractivity contribution in [1.82, 2.24) is 10.6 Å². The molecule has 1 atom stereocenters. The van der Waals surface area contributed by atoms with Crippen LogP contribution in [0.3, 0.4) is 0 Å². The maximum absolute atomic E-state index is 12.0. The molecule has 0 aliphatic heterocycles. The number of furan rings is 1. The molecule has 0 saturated carbocycles. The number of carbonyl (C=O) groups is 2. The van der Waals surface area contributed by atoms with Gasteiger partial charge in [-0.2, -0.15) is 0 Å². The summed E-state index contributed by atoms with van der Waals surface area (Å²) in [5.41, 5.74) is 1.92. The van der Waals surface area contributed by atoms with E-state index < -0.39 is 5.97 Å². The third-order valence-corrected chi connectivity index (χ3v) is 3.40. The summed E-state index contributed by atoms with van der Waals surface area (Å²) in [4.78, 5) is 22.8. The highest BCUT2D eigenvalue weighted by Crippen LogP contribution is 2.08. The molecule has 0 aliphatic rings. The van der Waals surface area contributed by atoms with Crippen molar-refractivity contribution in [2.24, 2.45) is 0 Å². The quantitative estimate of drug-likeness (QED) is 0.698. The van der Waals surface area contributed by atoms with Crippen LogP contribution >= 0.6 is 0 Å². The molecule has 0 radical (unpaired) electrons. The Kier molecular flexibility index (Phi) is 6.23. The molecule has 1 aromatic heterocycles. The SMILES string of the molecule is O=C(O)CCC(Cc1ccccc1)NC(=O)NCc1ccoc1. The molecule has 1 unspecified atom stereocenters. The molecule has 1 heterocycles. The molecule has 3 N–H and O–H groups in total. The van der Waals surface area contributed by atoms with Gasteiger partial charge in [0.15, 0.2) is 0 Å². The van der Waals surface area contributed by atoms with Crippen molar-refractivity contribution in [3.05, 3.63) is 60.1 Å². The van der Waals surface area contributed by atoms with E-state index in [2.05, 4.69) is 10.6 Å². The van der Waals surface area contributed by atoms with Gasteiger partial charge in [0.05, 0.1) is 12.5 Å². The fourth-order valence-corrected chi connectivity index (χ4v) is 2.23. The number of rotatable bonds is 8. The van der Waals surface area contributed by atoms with E-state index >= 15 is 0 Å². The van der Waals surface area contributed by atoms with Gasteiger partial charge < -0.3 is 20.2 Å². The number of carboxylic acid groups (broad SMARTS) is 1. The fourth-order valence-electron chi connectivity index (χ4n) is 2.23. The number of benzene rings is 1. The first-order valence-electron chi connectivity index (χ1n) is 7.44. The van der Waals surface area contributed by atoms with Gasteiger partial charge in [0, 0.05) is 24.6 Å². The van der Waals surface area contributed by atoms with Crippen molar-refractivity contribution < 1.29 is 19.1 Å². The lowest BCUT2D eigenvalue weighted by atomic mass is 10.0. The zero-order valence-electron chi connectivity index (χ0n) is 12.7. The molecule has 122 valence electrons. The Labute approximate surface area is 134 Å². The monoisotopic (exact) mass is 316 g/mol. The van der Waals surface area contributed by atoms with Gasteiger partial charge in [-0.25, -0.2) is 4.79 Å². The second kappa shape index (κ2) is 8.63. The average Bonchev–Trinajstić information content (AvgIpc) is 3.05. The minimum atomic E-state index is -0.872. The largest absolute Gasteiger partial charge is 0.481 e. The lowest BCUT2D eigenvalue weighted by Crippen LogP contribution is -2.43. The van der Waals surface area contributed by atoms with Crippen LogP contribution in [0, 0.1) is 0 Å². The Hall–Kier alpha value is -2.76. The Morgan fingerprint density at radius 2 is 1.91 bits per heavy atom. The fraction of sp³-hybridized carbons (Fsp3) is 0.294. The molecule has 1 aromatic carbocycles. The van der Waals surface area contributed by atoms with Crippen molar-refractivity contribution in [3.63, 3.8) is 0 Å². The Morgan fingerprint density at radius 3 is 2.57 bits per heavy atom. The Balaban J connectivity index is 1.87. The van der Waals surface area contributed by atoms with Gasteiger partial charge in [0.2, 0.25) is 0 Å². The van der Waals surface area contributed by atoms with Crippen molar-refractivity contribution in [1.29, 1.82) is 0 Å². The van der Waals surface area contributed by atoms with Gasteiger partial charge in [0.25, 0.3) is 0 Å². The molecule has 0 fully saturated rings. The molecule has 2 amide bonds. The number of carboxylic acids is 1. The molecule has 6 nitrogen and oxygen atoms in total. The highest BCUT2D eigenvalue weighted by atomic mass is 16.4. The van der Waals surface area contributed by atoms with E-state index in [1.54, 1.807) is 18.6 Å². The van der Waals surface area contributed by atoms with E-state index in [-0.39, 0.29) is 18.5 Å². The molecule has 0 saturated heterocycles. The van der Waals surface area contributed by atoms with Gasteiger partial charge in [-0.15, -0.1) is 0 Å². The van der Waals surface area contributed by atoms with Crippen LogP contribution in [-0.4, -0.2) is 23.1 Å². The van der Waals surface area contributed by atoms with Crippen molar-refractivity contribution >= 4 is 12.0 Å². The van der Waals surface area contributed by atoms with Gasteiger partial charge in [-0.3, -0.25) is 4.79 Å². The Bertz CT molecular complexity index is 611. The second-order valence-corrected chi connectivity index (χ2v) is 5.28. The molecule has 2 rings (SSSR count). The molecule has 2 aromatic rings. The van der Waals surface area contributed by atoms with Crippen LogP contribution in [0.2, 0.25) is 0 Å². The van der Waals surface area contributed by atoms with Crippen LogP contribution in [-0.2, 0) is 17.8 Å². The molecule has 0 bridgehead atoms. The van der Waals surface area contributed by atoms with Gasteiger partial charge in [-0.05, 0) is 24.5 Å². The topological polar surface area (TPSA) is 91.6 Å². The summed E-state index contributed by atoms with van der Waals surface area (Å²) < 4.78 is 4.93. The number of nitrogens with one attached hydrogen (secondary N) is 2. The summed E-state index contributed by atoms with van der Waals surface area (Å²) in [6, 6.07) is 10.9. The highest BCUT2D eigenvalue weighted by Gasteiger charge is 2.14. The van der Waals surface area contributed by atoms with Crippen LogP contribution in [0.4, 0.5) is 4.79 Å². The molecular formula is C17H20N2O4. The van der Waals surface area contributed by atoms with E-state index in [9.17, 15) is 9.59 Å². The third kappa shape index (κ3) is 6.25. The van der Waals surface area contributed by atoms with Crippen LogP contribution in [0.15, 0.2) is 53.3 Å². The van der Waals surface area contributed by atoms with Crippen LogP contribution in [0.5, 0.6) is 0 Å². The first-order chi connectivity index (χ1) is 11.1. The van der Waals surface area contributed by atoms with Crippen molar-refractivity contribution in [3.8, 4) is 0 Å². The van der Waals surface area contributed by atoms with Gasteiger partial charge >= 0.3 is 12.0 Å². The van der Waals surface area contributed by atoms with Crippen molar-refractivity contribution in [2.45, 2.75) is 31.8 Å². The van der Waals surface area contributed by atoms with Crippen molar-refractivity contribution in [2.75, 3.05) is 0 Å². The molecule has 6 heteroatoms. The number of urea groups is 1. The minimum absolute atomic E-state index is 0.0134. The standard InChI is InChI=1S/C17H20N2O4/c20-16(21)7-6-15(10-13-4-2-1-3-5-13)19-17(22)18-11-14-8-9-23-12-14/h1-5,8-9,12,15H,6-7,10-11H2,(H,20,21)(H2,18,19,22).